The van der Waals surface area contributed by atoms with E-state index >= 15 is 8.78 Å². The van der Waals surface area contributed by atoms with E-state index in [9.17, 15) is 29.4 Å². The smallest absolute Gasteiger partial charge is 0.405 e. The Morgan fingerprint density at radius 1 is 0.675 bits per heavy atom. The molecule has 412 valence electrons. The molecule has 6 fully saturated rings. The highest BCUT2D eigenvalue weighted by molar-refractivity contribution is 5.87. The average molecular weight is 1060 g/mol. The number of piperidine rings is 1. The highest BCUT2D eigenvalue weighted by Gasteiger charge is 2.51. The minimum Gasteiger partial charge on any atom is -0.465 e. The highest BCUT2D eigenvalue weighted by Crippen LogP contribution is 2.55. The number of nitrogens with one attached hydrogen (secondary N) is 4. The van der Waals surface area contributed by atoms with Gasteiger partial charge in [-0.05, 0) is 148 Å². The summed E-state index contributed by atoms with van der Waals surface area (Å²) in [5.74, 6) is -1.01. The van der Waals surface area contributed by atoms with Gasteiger partial charge in [-0.15, -0.1) is 0 Å². The fourth-order valence-electron chi connectivity index (χ4n) is 13.7. The minimum atomic E-state index is -1.24. The fourth-order valence-corrected chi connectivity index (χ4v) is 13.7. The van der Waals surface area contributed by atoms with Crippen LogP contribution in [0.2, 0.25) is 0 Å². The van der Waals surface area contributed by atoms with Gasteiger partial charge in [-0.25, -0.2) is 28.3 Å². The first-order valence-corrected chi connectivity index (χ1v) is 27.8. The summed E-state index contributed by atoms with van der Waals surface area (Å²) in [7, 11) is 0. The number of hydrogen-bond donors (Lipinski definition) is 6. The molecule has 6 saturated heterocycles. The first kappa shape index (κ1) is 52.5. The summed E-state index contributed by atoms with van der Waals surface area (Å²) >= 11 is 0. The van der Waals surface area contributed by atoms with E-state index in [-0.39, 0.29) is 46.7 Å². The molecule has 6 aliphatic heterocycles. The molecule has 2 aromatic heterocycles. The molecule has 8 heterocycles. The quantitative estimate of drug-likeness (QED) is 0.0688. The van der Waals surface area contributed by atoms with Crippen molar-refractivity contribution in [1.29, 1.82) is 0 Å². The van der Waals surface area contributed by atoms with Gasteiger partial charge in [-0.2, -0.15) is 0 Å². The van der Waals surface area contributed by atoms with Crippen molar-refractivity contribution >= 4 is 57.4 Å². The van der Waals surface area contributed by atoms with E-state index in [0.29, 0.717) is 126 Å². The van der Waals surface area contributed by atoms with Crippen molar-refractivity contribution in [2.24, 2.45) is 23.2 Å². The van der Waals surface area contributed by atoms with Crippen molar-refractivity contribution in [3.8, 4) is 0 Å². The summed E-state index contributed by atoms with van der Waals surface area (Å²) in [6.45, 7) is 12.5. The summed E-state index contributed by atoms with van der Waals surface area (Å²) in [6.07, 6.45) is 4.83. The minimum absolute atomic E-state index is 0.0137. The Bertz CT molecular complexity index is 3010. The maximum atomic E-state index is 16.9. The molecule has 0 saturated carbocycles. The number of likely N-dealkylation sites (tertiary alicyclic amines) is 2. The number of nitrogens with zero attached hydrogens (tertiary/aromatic N) is 6. The molecule has 4 unspecified atom stereocenters. The Kier molecular flexibility index (Phi) is 14.3. The molecular formula is C57H72F2N10O8. The van der Waals surface area contributed by atoms with E-state index in [1.54, 1.807) is 9.80 Å². The molecule has 7 atom stereocenters. The lowest BCUT2D eigenvalue weighted by atomic mass is 9.81. The van der Waals surface area contributed by atoms with Crippen LogP contribution in [-0.4, -0.2) is 129 Å². The van der Waals surface area contributed by atoms with Gasteiger partial charge in [-0.3, -0.25) is 9.59 Å². The topological polar surface area (TPSA) is 222 Å². The monoisotopic (exact) mass is 1060 g/mol. The largest absolute Gasteiger partial charge is 0.465 e. The van der Waals surface area contributed by atoms with Crippen LogP contribution in [0.1, 0.15) is 139 Å². The normalized spacial score (nSPS) is 26.2. The number of carboxylic acid groups (broad SMARTS) is 2. The lowest BCUT2D eigenvalue weighted by Gasteiger charge is -2.43. The van der Waals surface area contributed by atoms with Crippen molar-refractivity contribution in [1.82, 2.24) is 40.4 Å². The first-order valence-electron chi connectivity index (χ1n) is 27.8. The summed E-state index contributed by atoms with van der Waals surface area (Å²) < 4.78 is 44.8. The molecule has 5 aromatic rings. The van der Waals surface area contributed by atoms with Gasteiger partial charge in [0.2, 0.25) is 11.8 Å². The number of amides is 4. The van der Waals surface area contributed by atoms with Crippen LogP contribution in [0.3, 0.4) is 0 Å². The average Bonchev–Trinajstić information content (AvgIpc) is 4.47. The third kappa shape index (κ3) is 10.0. The van der Waals surface area contributed by atoms with Gasteiger partial charge >= 0.3 is 12.2 Å². The number of rotatable bonds is 12. The van der Waals surface area contributed by atoms with Crippen LogP contribution >= 0.6 is 0 Å². The summed E-state index contributed by atoms with van der Waals surface area (Å²) in [4.78, 5) is 77.2. The van der Waals surface area contributed by atoms with Gasteiger partial charge in [0.15, 0.2) is 11.6 Å². The van der Waals surface area contributed by atoms with Crippen LogP contribution in [0.15, 0.2) is 48.5 Å². The molecule has 11 rings (SSSR count). The van der Waals surface area contributed by atoms with Gasteiger partial charge in [0.05, 0.1) is 45.7 Å². The van der Waals surface area contributed by atoms with Gasteiger partial charge in [0, 0.05) is 58.3 Å². The number of halogens is 2. The molecule has 18 nitrogen and oxygen atoms in total. The molecule has 20 heteroatoms. The number of carbonyl (C=O) groups is 4. The number of benzene rings is 3. The highest BCUT2D eigenvalue weighted by atomic mass is 19.1. The molecule has 0 aliphatic carbocycles. The van der Waals surface area contributed by atoms with E-state index in [1.165, 1.54) is 12.1 Å². The van der Waals surface area contributed by atoms with E-state index in [2.05, 4.69) is 53.2 Å². The molecule has 0 spiro atoms. The lowest BCUT2D eigenvalue weighted by molar-refractivity contribution is -0.137. The number of aromatic amines is 2. The first-order chi connectivity index (χ1) is 37.0. The number of imidazole rings is 2. The van der Waals surface area contributed by atoms with Crippen molar-refractivity contribution in [3.63, 3.8) is 0 Å². The lowest BCUT2D eigenvalue weighted by Crippen LogP contribution is -2.52. The molecule has 0 radical (unpaired) electrons. The standard InChI is InChI=1S/C57H72F2N10O8/c1-32-27-46(35-9-11-40-42(28-35)62-50(60-40)44-7-5-19-67(44)52(70)47(64-54(72)73)33-13-23-76-24-14-33)69(37-30-38(58)49(39(59)31-37)66-21-17-56(2,3)18-22-66)57(32,4)36-10-12-41-43(29-36)63-51(61-41)45-8-6-20-68(45)53(71)48(65-55(74)75)34-15-25-77-26-16-34/h9-12,28-34,44-48,64-65H,5-8,13-27H2,1-4H3,(H,60,62)(H,61,63)(H,72,73)(H,74,75)/t32?,44?,45?,46-,47?,48+,57+/m1/s1. The molecule has 0 bridgehead atoms. The Balaban J connectivity index is 0.931. The zero-order valence-corrected chi connectivity index (χ0v) is 44.5. The zero-order chi connectivity index (χ0) is 53.9. The van der Waals surface area contributed by atoms with Crippen LogP contribution in [0, 0.1) is 34.8 Å². The van der Waals surface area contributed by atoms with E-state index in [1.807, 2.05) is 41.3 Å². The van der Waals surface area contributed by atoms with E-state index in [4.69, 9.17) is 19.4 Å². The zero-order valence-electron chi connectivity index (χ0n) is 44.5. The third-order valence-electron chi connectivity index (χ3n) is 18.3. The van der Waals surface area contributed by atoms with Crippen molar-refractivity contribution in [2.45, 2.75) is 134 Å². The van der Waals surface area contributed by atoms with Crippen molar-refractivity contribution in [3.05, 3.63) is 82.9 Å². The van der Waals surface area contributed by atoms with Crippen molar-refractivity contribution in [2.75, 3.05) is 62.4 Å². The van der Waals surface area contributed by atoms with Gasteiger partial charge < -0.3 is 59.9 Å². The maximum Gasteiger partial charge on any atom is 0.405 e. The summed E-state index contributed by atoms with van der Waals surface area (Å²) in [5.41, 5.74) is 4.26. The maximum absolute atomic E-state index is 16.9. The van der Waals surface area contributed by atoms with E-state index in [0.717, 1.165) is 47.8 Å². The molecule has 4 amide bonds. The number of hydrogen-bond acceptors (Lipinski definition) is 10. The van der Waals surface area contributed by atoms with Crippen LogP contribution in [-0.2, 0) is 24.6 Å². The Morgan fingerprint density at radius 2 is 1.17 bits per heavy atom. The second-order valence-corrected chi connectivity index (χ2v) is 23.5. The number of fused-ring (bicyclic) bond motifs is 2. The van der Waals surface area contributed by atoms with Crippen LogP contribution < -0.4 is 20.4 Å². The number of H-pyrrole nitrogens is 2. The number of aromatic nitrogens is 4. The predicted molar refractivity (Wildman–Crippen MR) is 284 cm³/mol. The number of ether oxygens (including phenoxy) is 2. The second kappa shape index (κ2) is 21.0. The SMILES string of the molecule is CC1C[C@H](c2ccc3[nH]c(C4CCCN4C(=O)C(NC(=O)O)C4CCOCC4)nc3c2)N(c2cc(F)c(N3CCC(C)(C)CC3)c(F)c2)[C@]1(C)c1ccc2[nH]c(C3CCCN3C(=O)[C@@H](NC(=O)O)C3CCOCC3)nc2c1. The second-order valence-electron chi connectivity index (χ2n) is 23.5. The third-order valence-corrected chi connectivity index (χ3v) is 18.3. The van der Waals surface area contributed by atoms with Gasteiger partial charge in [0.1, 0.15) is 29.4 Å². The van der Waals surface area contributed by atoms with Crippen LogP contribution in [0.4, 0.5) is 29.7 Å². The Hall–Kier alpha value is -6.54. The number of anilines is 2. The molecule has 6 aliphatic rings. The number of carbonyl (C=O) groups excluding carboxylic acids is 2. The Labute approximate surface area is 446 Å². The molecular weight excluding hydrogens is 991 g/mol. The summed E-state index contributed by atoms with van der Waals surface area (Å²) in [5, 5.41) is 24.6. The predicted octanol–water partition coefficient (Wildman–Crippen LogP) is 9.30. The van der Waals surface area contributed by atoms with E-state index < -0.39 is 53.5 Å². The van der Waals surface area contributed by atoms with Crippen LogP contribution in [0.5, 0.6) is 0 Å². The van der Waals surface area contributed by atoms with Crippen molar-refractivity contribution < 1.29 is 47.6 Å². The molecule has 77 heavy (non-hydrogen) atoms. The van der Waals surface area contributed by atoms with Gasteiger partial charge in [0.25, 0.3) is 0 Å². The van der Waals surface area contributed by atoms with Crippen LogP contribution in [0.25, 0.3) is 22.1 Å². The van der Waals surface area contributed by atoms with Gasteiger partial charge in [-0.1, -0.05) is 32.9 Å². The molecule has 6 N–H and O–H groups in total. The Morgan fingerprint density at radius 3 is 1.68 bits per heavy atom. The molecule has 3 aromatic carbocycles. The fraction of sp³-hybridized carbons (Fsp3) is 0.579. The summed E-state index contributed by atoms with van der Waals surface area (Å²) in [6, 6.07) is 12.1.